The van der Waals surface area contributed by atoms with Crippen LogP contribution in [0.3, 0.4) is 0 Å². The molecular formula is C12H21N3OS. The number of nitrogens with zero attached hydrogens (tertiary/aromatic N) is 2. The first kappa shape index (κ1) is 12.8. The summed E-state index contributed by atoms with van der Waals surface area (Å²) in [5.74, 6) is 0. The summed E-state index contributed by atoms with van der Waals surface area (Å²) in [4.78, 5) is 8.19. The Balaban J connectivity index is 2.06. The maximum absolute atomic E-state index is 5.45. The Morgan fingerprint density at radius 1 is 1.71 bits per heavy atom. The van der Waals surface area contributed by atoms with Crippen LogP contribution in [0.15, 0.2) is 6.20 Å². The van der Waals surface area contributed by atoms with Gasteiger partial charge in [0.15, 0.2) is 5.13 Å². The Morgan fingerprint density at radius 3 is 3.24 bits per heavy atom. The second kappa shape index (κ2) is 5.80. The molecule has 5 heteroatoms. The zero-order chi connectivity index (χ0) is 12.3. The summed E-state index contributed by atoms with van der Waals surface area (Å²) in [6.07, 6.45) is 2.00. The van der Waals surface area contributed by atoms with Crippen LogP contribution in [0.1, 0.15) is 31.7 Å². The molecule has 1 aromatic heterocycles. The number of rotatable bonds is 4. The van der Waals surface area contributed by atoms with Gasteiger partial charge in [-0.25, -0.2) is 4.98 Å². The van der Waals surface area contributed by atoms with Crippen molar-refractivity contribution in [3.05, 3.63) is 11.1 Å². The number of ether oxygens (including phenoxy) is 1. The molecule has 4 nitrogen and oxygen atoms in total. The quantitative estimate of drug-likeness (QED) is 0.893. The van der Waals surface area contributed by atoms with Gasteiger partial charge in [-0.15, -0.1) is 11.3 Å². The Labute approximate surface area is 107 Å². The second-order valence-corrected chi connectivity index (χ2v) is 5.48. The third kappa shape index (κ3) is 2.97. The number of anilines is 1. The lowest BCUT2D eigenvalue weighted by Crippen LogP contribution is -2.43. The van der Waals surface area contributed by atoms with E-state index in [0.29, 0.717) is 12.1 Å². The van der Waals surface area contributed by atoms with Gasteiger partial charge < -0.3 is 15.0 Å². The lowest BCUT2D eigenvalue weighted by molar-refractivity contribution is 0.0989. The largest absolute Gasteiger partial charge is 0.377 e. The highest BCUT2D eigenvalue weighted by molar-refractivity contribution is 7.15. The maximum atomic E-state index is 5.45. The van der Waals surface area contributed by atoms with E-state index in [9.17, 15) is 0 Å². The molecule has 1 aromatic rings. The average Bonchev–Trinajstić information content (AvgIpc) is 2.79. The summed E-state index contributed by atoms with van der Waals surface area (Å²) < 4.78 is 5.45. The van der Waals surface area contributed by atoms with Crippen molar-refractivity contribution in [2.45, 2.75) is 32.9 Å². The highest BCUT2D eigenvalue weighted by Crippen LogP contribution is 2.29. The molecule has 1 saturated heterocycles. The van der Waals surface area contributed by atoms with Gasteiger partial charge in [-0.1, -0.05) is 6.92 Å². The molecule has 2 rings (SSSR count). The summed E-state index contributed by atoms with van der Waals surface area (Å²) in [5, 5.41) is 4.54. The molecule has 96 valence electrons. The molecule has 1 N–H and O–H groups in total. The fraction of sp³-hybridized carbons (Fsp3) is 0.750. The number of nitrogens with one attached hydrogen (secondary N) is 1. The van der Waals surface area contributed by atoms with E-state index in [-0.39, 0.29) is 0 Å². The fourth-order valence-electron chi connectivity index (χ4n) is 2.03. The van der Waals surface area contributed by atoms with Crippen molar-refractivity contribution in [2.75, 3.05) is 31.2 Å². The fourth-order valence-corrected chi connectivity index (χ4v) is 3.10. The minimum Gasteiger partial charge on any atom is -0.377 e. The van der Waals surface area contributed by atoms with E-state index >= 15 is 0 Å². The second-order valence-electron chi connectivity index (χ2n) is 4.44. The van der Waals surface area contributed by atoms with Crippen molar-refractivity contribution >= 4 is 16.5 Å². The molecule has 2 unspecified atom stereocenters. The Hall–Kier alpha value is -0.650. The summed E-state index contributed by atoms with van der Waals surface area (Å²) >= 11 is 1.79. The molecule has 0 aromatic carbocycles. The van der Waals surface area contributed by atoms with Crippen LogP contribution in [0, 0.1) is 0 Å². The number of hydrogen-bond donors (Lipinski definition) is 1. The van der Waals surface area contributed by atoms with E-state index in [1.807, 2.05) is 6.20 Å². The minimum absolute atomic E-state index is 0.391. The van der Waals surface area contributed by atoms with Gasteiger partial charge in [-0.05, 0) is 20.4 Å². The molecular weight excluding hydrogens is 234 g/mol. The molecule has 17 heavy (non-hydrogen) atoms. The van der Waals surface area contributed by atoms with Gasteiger partial charge in [0.25, 0.3) is 0 Å². The summed E-state index contributed by atoms with van der Waals surface area (Å²) in [5.41, 5.74) is 0. The van der Waals surface area contributed by atoms with Crippen LogP contribution in [0.2, 0.25) is 0 Å². The molecule has 0 spiro atoms. The van der Waals surface area contributed by atoms with Crippen molar-refractivity contribution in [1.82, 2.24) is 10.3 Å². The maximum Gasteiger partial charge on any atom is 0.185 e. The normalized spacial score (nSPS) is 22.8. The first-order chi connectivity index (χ1) is 8.22. The molecule has 0 amide bonds. The topological polar surface area (TPSA) is 37.4 Å². The van der Waals surface area contributed by atoms with Crippen LogP contribution in [-0.4, -0.2) is 37.3 Å². The Bertz CT molecular complexity index is 355. The van der Waals surface area contributed by atoms with E-state index in [0.717, 1.165) is 31.4 Å². The summed E-state index contributed by atoms with van der Waals surface area (Å²) in [6, 6.07) is 0.819. The van der Waals surface area contributed by atoms with Crippen molar-refractivity contribution in [1.29, 1.82) is 0 Å². The summed E-state index contributed by atoms with van der Waals surface area (Å²) in [6.45, 7) is 10.0. The number of thiazole rings is 1. The monoisotopic (exact) mass is 255 g/mol. The van der Waals surface area contributed by atoms with Gasteiger partial charge >= 0.3 is 0 Å². The van der Waals surface area contributed by atoms with Gasteiger partial charge in [0.05, 0.1) is 19.3 Å². The third-order valence-electron chi connectivity index (χ3n) is 3.06. The van der Waals surface area contributed by atoms with Gasteiger partial charge in [0.1, 0.15) is 0 Å². The van der Waals surface area contributed by atoms with Gasteiger partial charge in [0, 0.05) is 23.7 Å². The number of aromatic nitrogens is 1. The zero-order valence-electron chi connectivity index (χ0n) is 10.8. The predicted molar refractivity (Wildman–Crippen MR) is 71.8 cm³/mol. The smallest absolute Gasteiger partial charge is 0.185 e. The summed E-state index contributed by atoms with van der Waals surface area (Å²) in [7, 11) is 0. The number of hydrogen-bond acceptors (Lipinski definition) is 5. The molecule has 1 aliphatic rings. The Morgan fingerprint density at radius 2 is 2.53 bits per heavy atom. The molecule has 0 bridgehead atoms. The zero-order valence-corrected chi connectivity index (χ0v) is 11.6. The lowest BCUT2D eigenvalue weighted by atomic mass is 10.3. The third-order valence-corrected chi connectivity index (χ3v) is 4.28. The molecule has 0 aliphatic carbocycles. The van der Waals surface area contributed by atoms with Crippen LogP contribution in [0.25, 0.3) is 0 Å². The molecule has 0 radical (unpaired) electrons. The van der Waals surface area contributed by atoms with Crippen molar-refractivity contribution in [3.63, 3.8) is 0 Å². The van der Waals surface area contributed by atoms with Gasteiger partial charge in [-0.2, -0.15) is 0 Å². The molecule has 0 saturated carbocycles. The Kier molecular flexibility index (Phi) is 4.36. The van der Waals surface area contributed by atoms with Crippen LogP contribution in [0.5, 0.6) is 0 Å². The molecule has 2 heterocycles. The highest BCUT2D eigenvalue weighted by atomic mass is 32.1. The first-order valence-electron chi connectivity index (χ1n) is 6.26. The van der Waals surface area contributed by atoms with Gasteiger partial charge in [-0.3, -0.25) is 0 Å². The molecule has 2 atom stereocenters. The number of morpholine rings is 1. The van der Waals surface area contributed by atoms with E-state index < -0.39 is 0 Å². The standard InChI is InChI=1S/C12H21N3OS/c1-4-13-10(3)11-7-14-12(17-11)15-5-6-16-8-9(15)2/h7,9-10,13H,4-6,8H2,1-3H3. The van der Waals surface area contributed by atoms with Crippen molar-refractivity contribution < 1.29 is 4.74 Å². The highest BCUT2D eigenvalue weighted by Gasteiger charge is 2.22. The van der Waals surface area contributed by atoms with Crippen molar-refractivity contribution in [3.8, 4) is 0 Å². The lowest BCUT2D eigenvalue weighted by Gasteiger charge is -2.32. The molecule has 1 aliphatic heterocycles. The predicted octanol–water partition coefficient (Wildman–Crippen LogP) is 2.04. The molecule has 1 fully saturated rings. The first-order valence-corrected chi connectivity index (χ1v) is 7.07. The van der Waals surface area contributed by atoms with Crippen molar-refractivity contribution in [2.24, 2.45) is 0 Å². The van der Waals surface area contributed by atoms with Crippen LogP contribution in [0.4, 0.5) is 5.13 Å². The van der Waals surface area contributed by atoms with E-state index in [2.05, 4.69) is 36.0 Å². The minimum atomic E-state index is 0.391. The van der Waals surface area contributed by atoms with Crippen LogP contribution < -0.4 is 10.2 Å². The van der Waals surface area contributed by atoms with Gasteiger partial charge in [0.2, 0.25) is 0 Å². The van der Waals surface area contributed by atoms with Crippen LogP contribution >= 0.6 is 11.3 Å². The SMILES string of the molecule is CCNC(C)c1cnc(N2CCOCC2C)s1. The van der Waals surface area contributed by atoms with E-state index in [4.69, 9.17) is 4.74 Å². The van der Waals surface area contributed by atoms with E-state index in [1.165, 1.54) is 4.88 Å². The average molecular weight is 255 g/mol. The van der Waals surface area contributed by atoms with Crippen LogP contribution in [-0.2, 0) is 4.74 Å². The van der Waals surface area contributed by atoms with E-state index in [1.54, 1.807) is 11.3 Å².